The van der Waals surface area contributed by atoms with E-state index in [2.05, 4.69) is 26.5 Å². The number of halogens is 1. The number of hydrogen-bond donors (Lipinski definition) is 1. The highest BCUT2D eigenvalue weighted by molar-refractivity contribution is 9.10. The Kier molecular flexibility index (Phi) is 3.87. The van der Waals surface area contributed by atoms with Crippen molar-refractivity contribution in [2.75, 3.05) is 6.79 Å². The van der Waals surface area contributed by atoms with Crippen LogP contribution in [0.1, 0.15) is 15.9 Å². The van der Waals surface area contributed by atoms with Gasteiger partial charge in [0.1, 0.15) is 0 Å². The van der Waals surface area contributed by atoms with Crippen molar-refractivity contribution in [1.82, 2.24) is 5.43 Å². The Balaban J connectivity index is 1.68. The monoisotopic (exact) mass is 346 g/mol. The van der Waals surface area contributed by atoms with Crippen LogP contribution >= 0.6 is 15.9 Å². The first kappa shape index (κ1) is 13.6. The maximum atomic E-state index is 12.0. The van der Waals surface area contributed by atoms with Crippen LogP contribution in [0.15, 0.2) is 52.0 Å². The molecule has 1 aliphatic rings. The topological polar surface area (TPSA) is 59.9 Å². The molecule has 0 aromatic heterocycles. The van der Waals surface area contributed by atoms with E-state index in [0.717, 1.165) is 10.0 Å². The van der Waals surface area contributed by atoms with Gasteiger partial charge in [-0.05, 0) is 24.3 Å². The number of benzene rings is 2. The van der Waals surface area contributed by atoms with E-state index in [1.54, 1.807) is 24.4 Å². The van der Waals surface area contributed by atoms with Crippen LogP contribution in [0.25, 0.3) is 0 Å². The molecule has 1 amide bonds. The van der Waals surface area contributed by atoms with Crippen LogP contribution < -0.4 is 14.9 Å². The van der Waals surface area contributed by atoms with Gasteiger partial charge in [0, 0.05) is 15.6 Å². The molecule has 0 spiro atoms. The van der Waals surface area contributed by atoms with Gasteiger partial charge in [0.15, 0.2) is 11.5 Å². The van der Waals surface area contributed by atoms with E-state index < -0.39 is 0 Å². The molecule has 1 aliphatic heterocycles. The fourth-order valence-electron chi connectivity index (χ4n) is 1.84. The highest BCUT2D eigenvalue weighted by Gasteiger charge is 2.15. The predicted molar refractivity (Wildman–Crippen MR) is 81.8 cm³/mol. The molecule has 0 saturated heterocycles. The van der Waals surface area contributed by atoms with Crippen LogP contribution in [0.5, 0.6) is 11.5 Å². The number of rotatable bonds is 3. The quantitative estimate of drug-likeness (QED) is 0.686. The van der Waals surface area contributed by atoms with E-state index in [9.17, 15) is 4.79 Å². The lowest BCUT2D eigenvalue weighted by atomic mass is 10.2. The van der Waals surface area contributed by atoms with Crippen molar-refractivity contribution in [2.24, 2.45) is 5.10 Å². The van der Waals surface area contributed by atoms with Gasteiger partial charge in [0.05, 0.1) is 6.21 Å². The summed E-state index contributed by atoms with van der Waals surface area (Å²) in [4.78, 5) is 12.0. The molecule has 6 heteroatoms. The number of carbonyl (C=O) groups is 1. The minimum Gasteiger partial charge on any atom is -0.454 e. The SMILES string of the molecule is O=C(N/N=C/c1ccccc1Br)c1ccc2c(c1)OCO2. The van der Waals surface area contributed by atoms with Gasteiger partial charge in [-0.15, -0.1) is 0 Å². The Morgan fingerprint density at radius 2 is 2.00 bits per heavy atom. The number of nitrogens with one attached hydrogen (secondary N) is 1. The number of hydrogen-bond acceptors (Lipinski definition) is 4. The number of nitrogens with zero attached hydrogens (tertiary/aromatic N) is 1. The van der Waals surface area contributed by atoms with Crippen molar-refractivity contribution in [1.29, 1.82) is 0 Å². The van der Waals surface area contributed by atoms with Gasteiger partial charge in [0.2, 0.25) is 6.79 Å². The minimum absolute atomic E-state index is 0.181. The summed E-state index contributed by atoms with van der Waals surface area (Å²) < 4.78 is 11.3. The Labute approximate surface area is 129 Å². The van der Waals surface area contributed by atoms with E-state index in [1.807, 2.05) is 24.3 Å². The minimum atomic E-state index is -0.309. The summed E-state index contributed by atoms with van der Waals surface area (Å²) in [5.74, 6) is 0.900. The Morgan fingerprint density at radius 3 is 2.86 bits per heavy atom. The molecule has 2 aromatic rings. The number of ether oxygens (including phenoxy) is 2. The standard InChI is InChI=1S/C15H11BrN2O3/c16-12-4-2-1-3-11(12)8-17-18-15(19)10-5-6-13-14(7-10)21-9-20-13/h1-8H,9H2,(H,18,19)/b17-8+. The van der Waals surface area contributed by atoms with Gasteiger partial charge in [-0.2, -0.15) is 5.10 Å². The third kappa shape index (κ3) is 3.05. The third-order valence-electron chi connectivity index (χ3n) is 2.91. The molecule has 5 nitrogen and oxygen atoms in total. The fourth-order valence-corrected chi connectivity index (χ4v) is 2.23. The number of carbonyl (C=O) groups excluding carboxylic acids is 1. The first-order valence-electron chi connectivity index (χ1n) is 6.21. The summed E-state index contributed by atoms with van der Waals surface area (Å²) in [6.45, 7) is 0.181. The molecule has 1 heterocycles. The van der Waals surface area contributed by atoms with Crippen LogP contribution in [-0.2, 0) is 0 Å². The summed E-state index contributed by atoms with van der Waals surface area (Å²) in [7, 11) is 0. The van der Waals surface area contributed by atoms with Gasteiger partial charge in [-0.3, -0.25) is 4.79 Å². The van der Waals surface area contributed by atoms with Crippen molar-refractivity contribution in [3.05, 3.63) is 58.1 Å². The summed E-state index contributed by atoms with van der Waals surface area (Å²) in [6.07, 6.45) is 1.58. The van der Waals surface area contributed by atoms with Crippen LogP contribution in [0, 0.1) is 0 Å². The average Bonchev–Trinajstić information content (AvgIpc) is 2.96. The predicted octanol–water partition coefficient (Wildman–Crippen LogP) is 2.94. The summed E-state index contributed by atoms with van der Waals surface area (Å²) in [5.41, 5.74) is 3.82. The van der Waals surface area contributed by atoms with E-state index in [4.69, 9.17) is 9.47 Å². The lowest BCUT2D eigenvalue weighted by Crippen LogP contribution is -2.17. The van der Waals surface area contributed by atoms with Crippen LogP contribution in [0.4, 0.5) is 0 Å². The third-order valence-corrected chi connectivity index (χ3v) is 3.63. The normalized spacial score (nSPS) is 12.6. The zero-order chi connectivity index (χ0) is 14.7. The first-order valence-corrected chi connectivity index (χ1v) is 7.01. The molecule has 0 aliphatic carbocycles. The zero-order valence-corrected chi connectivity index (χ0v) is 12.5. The molecule has 3 rings (SSSR count). The van der Waals surface area contributed by atoms with E-state index in [1.165, 1.54) is 0 Å². The van der Waals surface area contributed by atoms with Crippen LogP contribution in [0.3, 0.4) is 0 Å². The van der Waals surface area contributed by atoms with Crippen LogP contribution in [0.2, 0.25) is 0 Å². The average molecular weight is 347 g/mol. The highest BCUT2D eigenvalue weighted by Crippen LogP contribution is 2.32. The van der Waals surface area contributed by atoms with Gasteiger partial charge in [0.25, 0.3) is 5.91 Å². The van der Waals surface area contributed by atoms with Crippen molar-refractivity contribution in [3.8, 4) is 11.5 Å². The second kappa shape index (κ2) is 5.97. The zero-order valence-electron chi connectivity index (χ0n) is 10.9. The Hall–Kier alpha value is -2.34. The smallest absolute Gasteiger partial charge is 0.271 e. The molecular weight excluding hydrogens is 336 g/mol. The largest absolute Gasteiger partial charge is 0.454 e. The molecule has 0 unspecified atom stereocenters. The lowest BCUT2D eigenvalue weighted by molar-refractivity contribution is 0.0954. The molecule has 0 radical (unpaired) electrons. The number of amides is 1. The molecule has 2 aromatic carbocycles. The summed E-state index contributed by atoms with van der Waals surface area (Å²) >= 11 is 3.41. The molecular formula is C15H11BrN2O3. The van der Waals surface area contributed by atoms with Crippen molar-refractivity contribution in [2.45, 2.75) is 0 Å². The van der Waals surface area contributed by atoms with Crippen molar-refractivity contribution >= 4 is 28.1 Å². The van der Waals surface area contributed by atoms with Gasteiger partial charge in [-0.1, -0.05) is 34.1 Å². The lowest BCUT2D eigenvalue weighted by Gasteiger charge is -2.02. The Morgan fingerprint density at radius 1 is 1.19 bits per heavy atom. The second-order valence-corrected chi connectivity index (χ2v) is 5.14. The van der Waals surface area contributed by atoms with E-state index in [0.29, 0.717) is 17.1 Å². The van der Waals surface area contributed by atoms with E-state index in [-0.39, 0.29) is 12.7 Å². The number of hydrazone groups is 1. The molecule has 0 saturated carbocycles. The van der Waals surface area contributed by atoms with E-state index >= 15 is 0 Å². The Bertz CT molecular complexity index is 716. The molecule has 21 heavy (non-hydrogen) atoms. The second-order valence-electron chi connectivity index (χ2n) is 4.29. The molecule has 0 bridgehead atoms. The molecule has 1 N–H and O–H groups in total. The van der Waals surface area contributed by atoms with Crippen molar-refractivity contribution < 1.29 is 14.3 Å². The maximum Gasteiger partial charge on any atom is 0.271 e. The van der Waals surface area contributed by atoms with Crippen molar-refractivity contribution in [3.63, 3.8) is 0 Å². The fraction of sp³-hybridized carbons (Fsp3) is 0.0667. The molecule has 106 valence electrons. The summed E-state index contributed by atoms with van der Waals surface area (Å²) in [6, 6.07) is 12.6. The first-order chi connectivity index (χ1) is 10.2. The van der Waals surface area contributed by atoms with Gasteiger partial charge >= 0.3 is 0 Å². The molecule has 0 fully saturated rings. The number of fused-ring (bicyclic) bond motifs is 1. The van der Waals surface area contributed by atoms with Gasteiger partial charge < -0.3 is 9.47 Å². The highest BCUT2D eigenvalue weighted by atomic mass is 79.9. The maximum absolute atomic E-state index is 12.0. The molecule has 0 atom stereocenters. The van der Waals surface area contributed by atoms with Crippen LogP contribution in [-0.4, -0.2) is 18.9 Å². The van der Waals surface area contributed by atoms with Gasteiger partial charge in [-0.25, -0.2) is 5.43 Å². The summed E-state index contributed by atoms with van der Waals surface area (Å²) in [5, 5.41) is 3.95.